The second kappa shape index (κ2) is 9.23. The van der Waals surface area contributed by atoms with Crippen LogP contribution < -0.4 is 5.32 Å². The summed E-state index contributed by atoms with van der Waals surface area (Å²) in [6.45, 7) is 5.45. The van der Waals surface area contributed by atoms with Gasteiger partial charge in [-0.2, -0.15) is 10.4 Å². The fourth-order valence-electron chi connectivity index (χ4n) is 4.40. The molecule has 2 heterocycles. The summed E-state index contributed by atoms with van der Waals surface area (Å²) >= 11 is 0. The summed E-state index contributed by atoms with van der Waals surface area (Å²) in [5, 5.41) is 19.1. The molecule has 1 fully saturated rings. The number of hydrogen-bond donors (Lipinski definition) is 2. The van der Waals surface area contributed by atoms with Gasteiger partial charge in [-0.05, 0) is 67.5 Å². The van der Waals surface area contributed by atoms with Crippen LogP contribution in [0.2, 0.25) is 0 Å². The van der Waals surface area contributed by atoms with Gasteiger partial charge in [-0.1, -0.05) is 18.2 Å². The minimum Gasteiger partial charge on any atom is -0.388 e. The Hall–Kier alpha value is -3.66. The largest absolute Gasteiger partial charge is 0.388 e. The number of anilines is 1. The number of aromatic amines is 1. The Bertz CT molecular complexity index is 1150. The van der Waals surface area contributed by atoms with Gasteiger partial charge >= 0.3 is 0 Å². The van der Waals surface area contributed by atoms with Crippen molar-refractivity contribution in [2.75, 3.05) is 25.5 Å². The second-order valence-corrected chi connectivity index (χ2v) is 8.36. The zero-order valence-electron chi connectivity index (χ0n) is 18.8. The predicted molar refractivity (Wildman–Crippen MR) is 124 cm³/mol. The van der Waals surface area contributed by atoms with E-state index in [-0.39, 0.29) is 12.3 Å². The molecule has 1 aromatic heterocycles. The molecule has 2 aromatic carbocycles. The van der Waals surface area contributed by atoms with Crippen LogP contribution in [0.5, 0.6) is 0 Å². The van der Waals surface area contributed by atoms with E-state index >= 15 is 0 Å². The normalized spacial score (nSPS) is 14.2. The van der Waals surface area contributed by atoms with Crippen molar-refractivity contribution in [2.45, 2.75) is 39.0 Å². The quantitative estimate of drug-likeness (QED) is 0.634. The third-order valence-corrected chi connectivity index (χ3v) is 6.27. The molecule has 1 amide bonds. The maximum atomic E-state index is 13.4. The Kier molecular flexibility index (Phi) is 6.22. The van der Waals surface area contributed by atoms with Gasteiger partial charge in [0.05, 0.1) is 12.5 Å². The average molecular weight is 429 g/mol. The van der Waals surface area contributed by atoms with Crippen LogP contribution >= 0.6 is 0 Å². The van der Waals surface area contributed by atoms with Crippen molar-refractivity contribution in [2.24, 2.45) is 0 Å². The van der Waals surface area contributed by atoms with Gasteiger partial charge in [-0.3, -0.25) is 9.89 Å². The van der Waals surface area contributed by atoms with Crippen LogP contribution in [0.25, 0.3) is 11.4 Å². The lowest BCUT2D eigenvalue weighted by atomic mass is 9.89. The summed E-state index contributed by atoms with van der Waals surface area (Å²) in [5.41, 5.74) is 5.91. The van der Waals surface area contributed by atoms with E-state index in [0.29, 0.717) is 23.1 Å². The molecule has 1 aliphatic rings. The van der Waals surface area contributed by atoms with E-state index in [0.717, 1.165) is 48.3 Å². The van der Waals surface area contributed by atoms with Gasteiger partial charge in [0.1, 0.15) is 5.82 Å². The Morgan fingerprint density at radius 1 is 1.19 bits per heavy atom. The SMILES string of the molecule is CNc1ccc(C2CCN(C(=O)c3cc(-c4n[nH]c(CC#N)n4)c(C)cc3C)CC2)cc1. The molecule has 164 valence electrons. The Labute approximate surface area is 188 Å². The molecule has 1 aliphatic heterocycles. The van der Waals surface area contributed by atoms with E-state index in [4.69, 9.17) is 5.26 Å². The zero-order chi connectivity index (χ0) is 22.7. The zero-order valence-corrected chi connectivity index (χ0v) is 18.8. The molecule has 7 nitrogen and oxygen atoms in total. The molecular formula is C25H28N6O. The molecule has 1 saturated heterocycles. The topological polar surface area (TPSA) is 97.7 Å². The van der Waals surface area contributed by atoms with Crippen molar-refractivity contribution in [3.05, 3.63) is 64.5 Å². The lowest BCUT2D eigenvalue weighted by Crippen LogP contribution is -2.38. The van der Waals surface area contributed by atoms with Crippen molar-refractivity contribution >= 4 is 11.6 Å². The number of benzene rings is 2. The molecule has 0 saturated carbocycles. The Morgan fingerprint density at radius 3 is 2.56 bits per heavy atom. The van der Waals surface area contributed by atoms with Crippen molar-refractivity contribution in [3.63, 3.8) is 0 Å². The van der Waals surface area contributed by atoms with Crippen LogP contribution in [0.1, 0.15) is 51.6 Å². The number of piperidine rings is 1. The number of rotatable bonds is 5. The maximum Gasteiger partial charge on any atom is 0.254 e. The standard InChI is InChI=1S/C25H28N6O/c1-16-14-17(2)22(15-21(16)24-28-23(8-11-26)29-30-24)25(32)31-12-9-19(10-13-31)18-4-6-20(27-3)7-5-18/h4-7,14-15,19,27H,8-10,12-13H2,1-3H3,(H,28,29,30). The van der Waals surface area contributed by atoms with Crippen LogP contribution in [0.3, 0.4) is 0 Å². The van der Waals surface area contributed by atoms with E-state index in [2.05, 4.69) is 50.8 Å². The molecule has 0 atom stereocenters. The molecule has 7 heteroatoms. The third kappa shape index (κ3) is 4.35. The van der Waals surface area contributed by atoms with Crippen LogP contribution in [0, 0.1) is 25.2 Å². The summed E-state index contributed by atoms with van der Waals surface area (Å²) in [4.78, 5) is 19.7. The minimum absolute atomic E-state index is 0.0560. The number of likely N-dealkylation sites (tertiary alicyclic amines) is 1. The molecule has 0 unspecified atom stereocenters. The summed E-state index contributed by atoms with van der Waals surface area (Å²) < 4.78 is 0. The van der Waals surface area contributed by atoms with Crippen molar-refractivity contribution in [1.82, 2.24) is 20.1 Å². The number of nitriles is 1. The van der Waals surface area contributed by atoms with E-state index < -0.39 is 0 Å². The first-order valence-corrected chi connectivity index (χ1v) is 11.0. The highest BCUT2D eigenvalue weighted by Gasteiger charge is 2.26. The number of nitrogens with zero attached hydrogens (tertiary/aromatic N) is 4. The molecule has 0 spiro atoms. The van der Waals surface area contributed by atoms with E-state index in [1.165, 1.54) is 5.56 Å². The number of hydrogen-bond acceptors (Lipinski definition) is 5. The van der Waals surface area contributed by atoms with Crippen molar-refractivity contribution in [3.8, 4) is 17.5 Å². The highest BCUT2D eigenvalue weighted by molar-refractivity contribution is 5.97. The lowest BCUT2D eigenvalue weighted by Gasteiger charge is -2.33. The van der Waals surface area contributed by atoms with Gasteiger partial charge < -0.3 is 10.2 Å². The van der Waals surface area contributed by atoms with Crippen molar-refractivity contribution in [1.29, 1.82) is 5.26 Å². The summed E-state index contributed by atoms with van der Waals surface area (Å²) in [6, 6.07) is 14.6. The molecule has 32 heavy (non-hydrogen) atoms. The van der Waals surface area contributed by atoms with E-state index in [1.807, 2.05) is 37.9 Å². The fourth-order valence-corrected chi connectivity index (χ4v) is 4.40. The molecule has 0 bridgehead atoms. The highest BCUT2D eigenvalue weighted by Crippen LogP contribution is 2.31. The molecule has 0 aliphatic carbocycles. The molecule has 2 N–H and O–H groups in total. The third-order valence-electron chi connectivity index (χ3n) is 6.27. The van der Waals surface area contributed by atoms with Crippen molar-refractivity contribution < 1.29 is 4.79 Å². The molecule has 3 aromatic rings. The monoisotopic (exact) mass is 428 g/mol. The number of carbonyl (C=O) groups excluding carboxylic acids is 1. The minimum atomic E-state index is 0.0560. The van der Waals surface area contributed by atoms with Gasteiger partial charge in [-0.25, -0.2) is 4.98 Å². The maximum absolute atomic E-state index is 13.4. The number of amides is 1. The van der Waals surface area contributed by atoms with Crippen LogP contribution in [0.15, 0.2) is 36.4 Å². The first-order valence-electron chi connectivity index (χ1n) is 11.0. The van der Waals surface area contributed by atoms with Gasteiger partial charge in [0, 0.05) is 37.0 Å². The first-order chi connectivity index (χ1) is 15.5. The van der Waals surface area contributed by atoms with Gasteiger partial charge in [0.25, 0.3) is 5.91 Å². The number of aryl methyl sites for hydroxylation is 2. The predicted octanol–water partition coefficient (Wildman–Crippen LogP) is 4.22. The van der Waals surface area contributed by atoms with Crippen LogP contribution in [-0.4, -0.2) is 46.1 Å². The van der Waals surface area contributed by atoms with Crippen LogP contribution in [0.4, 0.5) is 5.69 Å². The first kappa shape index (κ1) is 21.6. The molecule has 0 radical (unpaired) electrons. The Morgan fingerprint density at radius 2 is 1.91 bits per heavy atom. The van der Waals surface area contributed by atoms with Gasteiger partial charge in [0.15, 0.2) is 5.82 Å². The number of carbonyl (C=O) groups is 1. The summed E-state index contributed by atoms with van der Waals surface area (Å²) in [5.74, 6) is 1.58. The second-order valence-electron chi connectivity index (χ2n) is 8.36. The highest BCUT2D eigenvalue weighted by atomic mass is 16.2. The van der Waals surface area contributed by atoms with E-state index in [1.54, 1.807) is 0 Å². The Balaban J connectivity index is 1.50. The van der Waals surface area contributed by atoms with E-state index in [9.17, 15) is 4.79 Å². The summed E-state index contributed by atoms with van der Waals surface area (Å²) in [7, 11) is 1.92. The lowest BCUT2D eigenvalue weighted by molar-refractivity contribution is 0.0712. The average Bonchev–Trinajstić information content (AvgIpc) is 3.27. The smallest absolute Gasteiger partial charge is 0.254 e. The molecular weight excluding hydrogens is 400 g/mol. The summed E-state index contributed by atoms with van der Waals surface area (Å²) in [6.07, 6.45) is 2.10. The van der Waals surface area contributed by atoms with Gasteiger partial charge in [-0.15, -0.1) is 0 Å². The van der Waals surface area contributed by atoms with Crippen LogP contribution in [-0.2, 0) is 6.42 Å². The van der Waals surface area contributed by atoms with Gasteiger partial charge in [0.2, 0.25) is 0 Å². The fraction of sp³-hybridized carbons (Fsp3) is 0.360. The molecule has 4 rings (SSSR count). The number of aromatic nitrogens is 3. The number of nitrogens with one attached hydrogen (secondary N) is 2. The number of H-pyrrole nitrogens is 1.